The summed E-state index contributed by atoms with van der Waals surface area (Å²) in [5, 5.41) is 0. The molecule has 0 radical (unpaired) electrons. The molecule has 0 aromatic rings. The summed E-state index contributed by atoms with van der Waals surface area (Å²) in [7, 11) is 0. The molecule has 0 atom stereocenters. The van der Waals surface area contributed by atoms with E-state index in [2.05, 4.69) is 13.2 Å². The molecule has 0 spiro atoms. The monoisotopic (exact) mass is 254 g/mol. The molecule has 2 nitrogen and oxygen atoms in total. The molecule has 2 heteroatoms. The second-order valence-electron chi connectivity index (χ2n) is 4.59. The van der Waals surface area contributed by atoms with Crippen molar-refractivity contribution in [3.63, 3.8) is 0 Å². The molecule has 0 bridgehead atoms. The second kappa shape index (κ2) is 14.5. The predicted octanol–water partition coefficient (Wildman–Crippen LogP) is 4.86. The van der Waals surface area contributed by atoms with Crippen molar-refractivity contribution in [1.29, 1.82) is 0 Å². The molecule has 0 saturated heterocycles. The van der Waals surface area contributed by atoms with Gasteiger partial charge in [-0.2, -0.15) is 0 Å². The number of allylic oxidation sites excluding steroid dienone is 2. The van der Waals surface area contributed by atoms with Crippen LogP contribution in [0.15, 0.2) is 25.3 Å². The summed E-state index contributed by atoms with van der Waals surface area (Å²) in [6, 6.07) is 0. The number of rotatable bonds is 14. The van der Waals surface area contributed by atoms with Gasteiger partial charge in [0.25, 0.3) is 0 Å². The van der Waals surface area contributed by atoms with Gasteiger partial charge in [0.1, 0.15) is 0 Å². The van der Waals surface area contributed by atoms with Gasteiger partial charge in [0, 0.05) is 13.2 Å². The largest absolute Gasteiger partial charge is 0.353 e. The second-order valence-corrected chi connectivity index (χ2v) is 4.59. The van der Waals surface area contributed by atoms with Crippen molar-refractivity contribution >= 4 is 0 Å². The van der Waals surface area contributed by atoms with E-state index in [9.17, 15) is 0 Å². The van der Waals surface area contributed by atoms with Gasteiger partial charge in [-0.3, -0.25) is 0 Å². The molecular formula is C16H30O2. The van der Waals surface area contributed by atoms with Crippen LogP contribution in [0.3, 0.4) is 0 Å². The van der Waals surface area contributed by atoms with Crippen LogP contribution in [0, 0.1) is 0 Å². The minimum absolute atomic E-state index is 0.0659. The molecule has 18 heavy (non-hydrogen) atoms. The van der Waals surface area contributed by atoms with Crippen LogP contribution in [-0.4, -0.2) is 19.5 Å². The zero-order chi connectivity index (χ0) is 13.5. The molecule has 0 heterocycles. The van der Waals surface area contributed by atoms with E-state index in [0.29, 0.717) is 0 Å². The maximum atomic E-state index is 5.59. The van der Waals surface area contributed by atoms with Crippen molar-refractivity contribution < 1.29 is 9.47 Å². The lowest BCUT2D eigenvalue weighted by atomic mass is 10.2. The Kier molecular flexibility index (Phi) is 14.0. The minimum atomic E-state index is -0.0659. The van der Waals surface area contributed by atoms with Gasteiger partial charge in [0.15, 0.2) is 6.29 Å². The summed E-state index contributed by atoms with van der Waals surface area (Å²) >= 11 is 0. The molecule has 0 aliphatic heterocycles. The van der Waals surface area contributed by atoms with E-state index in [1.54, 1.807) is 0 Å². The zero-order valence-corrected chi connectivity index (χ0v) is 12.0. The van der Waals surface area contributed by atoms with Crippen LogP contribution in [0.2, 0.25) is 0 Å². The topological polar surface area (TPSA) is 18.5 Å². The van der Waals surface area contributed by atoms with Crippen molar-refractivity contribution in [3.8, 4) is 0 Å². The van der Waals surface area contributed by atoms with Gasteiger partial charge < -0.3 is 9.47 Å². The van der Waals surface area contributed by atoms with Crippen LogP contribution in [0.25, 0.3) is 0 Å². The SMILES string of the molecule is C=CCCCCCOC(C)OCCCCCC=C. The fraction of sp³-hybridized carbons (Fsp3) is 0.750. The average molecular weight is 254 g/mol. The Morgan fingerprint density at radius 1 is 0.778 bits per heavy atom. The number of ether oxygens (including phenoxy) is 2. The van der Waals surface area contributed by atoms with E-state index >= 15 is 0 Å². The number of hydrogen-bond acceptors (Lipinski definition) is 2. The van der Waals surface area contributed by atoms with E-state index in [1.807, 2.05) is 19.1 Å². The standard InChI is InChI=1S/C16H30O2/c1-4-6-8-10-12-14-17-16(3)18-15-13-11-9-7-5-2/h4-5,16H,1-2,6-15H2,3H3. The molecule has 0 N–H and O–H groups in total. The Morgan fingerprint density at radius 2 is 1.22 bits per heavy atom. The maximum absolute atomic E-state index is 5.59. The van der Waals surface area contributed by atoms with E-state index in [4.69, 9.17) is 9.47 Å². The maximum Gasteiger partial charge on any atom is 0.154 e. The van der Waals surface area contributed by atoms with Crippen LogP contribution in [0.4, 0.5) is 0 Å². The summed E-state index contributed by atoms with van der Waals surface area (Å²) in [5.74, 6) is 0. The molecule has 0 fully saturated rings. The van der Waals surface area contributed by atoms with E-state index in [0.717, 1.165) is 38.9 Å². The van der Waals surface area contributed by atoms with Crippen molar-refractivity contribution in [2.75, 3.05) is 13.2 Å². The smallest absolute Gasteiger partial charge is 0.154 e. The lowest BCUT2D eigenvalue weighted by Crippen LogP contribution is -2.14. The Hall–Kier alpha value is -0.600. The molecule has 0 amide bonds. The third-order valence-electron chi connectivity index (χ3n) is 2.81. The highest BCUT2D eigenvalue weighted by molar-refractivity contribution is 4.65. The molecule has 0 aliphatic carbocycles. The fourth-order valence-electron chi connectivity index (χ4n) is 1.68. The summed E-state index contributed by atoms with van der Waals surface area (Å²) in [6.45, 7) is 11.0. The summed E-state index contributed by atoms with van der Waals surface area (Å²) < 4.78 is 11.2. The minimum Gasteiger partial charge on any atom is -0.353 e. The lowest BCUT2D eigenvalue weighted by Gasteiger charge is -2.13. The highest BCUT2D eigenvalue weighted by atomic mass is 16.7. The van der Waals surface area contributed by atoms with Gasteiger partial charge in [-0.15, -0.1) is 13.2 Å². The molecule has 0 aliphatic rings. The van der Waals surface area contributed by atoms with E-state index in [1.165, 1.54) is 25.7 Å². The fourth-order valence-corrected chi connectivity index (χ4v) is 1.68. The Bertz CT molecular complexity index is 170. The van der Waals surface area contributed by atoms with E-state index < -0.39 is 0 Å². The Labute approximate surface area is 113 Å². The molecule has 0 unspecified atom stereocenters. The molecule has 0 aromatic carbocycles. The molecule has 0 aromatic heterocycles. The third-order valence-corrected chi connectivity index (χ3v) is 2.81. The van der Waals surface area contributed by atoms with Crippen molar-refractivity contribution in [2.24, 2.45) is 0 Å². The molecular weight excluding hydrogens is 224 g/mol. The van der Waals surface area contributed by atoms with Gasteiger partial charge in [-0.05, 0) is 45.4 Å². The molecule has 0 rings (SSSR count). The quantitative estimate of drug-likeness (QED) is 0.250. The van der Waals surface area contributed by atoms with Gasteiger partial charge in [-0.1, -0.05) is 25.0 Å². The van der Waals surface area contributed by atoms with Crippen molar-refractivity contribution in [1.82, 2.24) is 0 Å². The first-order valence-corrected chi connectivity index (χ1v) is 7.26. The first kappa shape index (κ1) is 17.4. The third kappa shape index (κ3) is 13.5. The van der Waals surface area contributed by atoms with Gasteiger partial charge in [0.05, 0.1) is 0 Å². The highest BCUT2D eigenvalue weighted by Gasteiger charge is 2.01. The van der Waals surface area contributed by atoms with Crippen molar-refractivity contribution in [2.45, 2.75) is 64.6 Å². The Balaban J connectivity index is 3.14. The Morgan fingerprint density at radius 3 is 1.61 bits per heavy atom. The predicted molar refractivity (Wildman–Crippen MR) is 78.7 cm³/mol. The first-order valence-electron chi connectivity index (χ1n) is 7.26. The number of unbranched alkanes of at least 4 members (excludes halogenated alkanes) is 6. The van der Waals surface area contributed by atoms with Crippen LogP contribution < -0.4 is 0 Å². The number of hydrogen-bond donors (Lipinski definition) is 0. The normalized spacial score (nSPS) is 10.8. The molecule has 0 saturated carbocycles. The van der Waals surface area contributed by atoms with Crippen LogP contribution >= 0.6 is 0 Å². The summed E-state index contributed by atoms with van der Waals surface area (Å²) in [6.07, 6.45) is 13.2. The average Bonchev–Trinajstić information content (AvgIpc) is 2.38. The first-order chi connectivity index (χ1) is 8.81. The van der Waals surface area contributed by atoms with Crippen LogP contribution in [0.5, 0.6) is 0 Å². The molecule has 106 valence electrons. The van der Waals surface area contributed by atoms with Crippen LogP contribution in [0.1, 0.15) is 58.3 Å². The summed E-state index contributed by atoms with van der Waals surface area (Å²) in [4.78, 5) is 0. The van der Waals surface area contributed by atoms with Crippen LogP contribution in [-0.2, 0) is 9.47 Å². The highest BCUT2D eigenvalue weighted by Crippen LogP contribution is 2.04. The van der Waals surface area contributed by atoms with Crippen molar-refractivity contribution in [3.05, 3.63) is 25.3 Å². The lowest BCUT2D eigenvalue weighted by molar-refractivity contribution is -0.131. The zero-order valence-electron chi connectivity index (χ0n) is 12.0. The van der Waals surface area contributed by atoms with Gasteiger partial charge in [0.2, 0.25) is 0 Å². The van der Waals surface area contributed by atoms with E-state index in [-0.39, 0.29) is 6.29 Å². The van der Waals surface area contributed by atoms with Gasteiger partial charge >= 0.3 is 0 Å². The van der Waals surface area contributed by atoms with Gasteiger partial charge in [-0.25, -0.2) is 0 Å². The summed E-state index contributed by atoms with van der Waals surface area (Å²) in [5.41, 5.74) is 0.